The van der Waals surface area contributed by atoms with Gasteiger partial charge in [0.2, 0.25) is 0 Å². The Hall–Kier alpha value is -2.75. The minimum absolute atomic E-state index is 0.0906. The van der Waals surface area contributed by atoms with Crippen molar-refractivity contribution in [2.75, 3.05) is 0 Å². The van der Waals surface area contributed by atoms with E-state index in [0.29, 0.717) is 6.61 Å². The molecule has 4 rings (SSSR count). The van der Waals surface area contributed by atoms with E-state index in [0.717, 1.165) is 42.6 Å². The molecule has 1 amide bonds. The van der Waals surface area contributed by atoms with E-state index in [1.807, 2.05) is 61.2 Å². The van der Waals surface area contributed by atoms with Gasteiger partial charge in [-0.1, -0.05) is 54.6 Å². The normalized spacial score (nSPS) is 20.9. The Morgan fingerprint density at radius 3 is 2.59 bits per heavy atom. The van der Waals surface area contributed by atoms with E-state index in [4.69, 9.17) is 9.47 Å². The molecule has 29 heavy (non-hydrogen) atoms. The first-order valence-electron chi connectivity index (χ1n) is 10.6. The van der Waals surface area contributed by atoms with Gasteiger partial charge in [-0.3, -0.25) is 4.90 Å². The summed E-state index contributed by atoms with van der Waals surface area (Å²) < 4.78 is 11.7. The fraction of sp³-hybridized carbons (Fsp3) is 0.400. The molecule has 0 aromatic heterocycles. The van der Waals surface area contributed by atoms with Crippen LogP contribution in [0.5, 0.6) is 5.75 Å². The van der Waals surface area contributed by atoms with Crippen molar-refractivity contribution in [3.05, 3.63) is 71.8 Å². The molecule has 0 aliphatic carbocycles. The highest BCUT2D eigenvalue weighted by molar-refractivity contribution is 5.76. The van der Waals surface area contributed by atoms with Crippen LogP contribution >= 0.6 is 0 Å². The molecule has 2 aliphatic rings. The number of carbonyl (C=O) groups excluding carboxylic acids is 1. The van der Waals surface area contributed by atoms with Crippen LogP contribution in [0.25, 0.3) is 5.57 Å². The second-order valence-electron chi connectivity index (χ2n) is 8.16. The lowest BCUT2D eigenvalue weighted by atomic mass is 9.83. The number of nitrogens with zero attached hydrogens (tertiary/aromatic N) is 1. The molecule has 4 nitrogen and oxygen atoms in total. The van der Waals surface area contributed by atoms with Gasteiger partial charge in [0.05, 0.1) is 12.1 Å². The van der Waals surface area contributed by atoms with Crippen molar-refractivity contribution >= 4 is 11.7 Å². The van der Waals surface area contributed by atoms with E-state index in [9.17, 15) is 4.79 Å². The summed E-state index contributed by atoms with van der Waals surface area (Å²) in [6.45, 7) is 4.41. The maximum absolute atomic E-state index is 12.9. The number of amides is 1. The van der Waals surface area contributed by atoms with Gasteiger partial charge >= 0.3 is 6.09 Å². The second-order valence-corrected chi connectivity index (χ2v) is 8.16. The molecule has 0 N–H and O–H groups in total. The van der Waals surface area contributed by atoms with Gasteiger partial charge < -0.3 is 9.47 Å². The SMILES string of the molecule is CC(C)Oc1ccccc1C1=CC2CCCC(C1)N2C(=O)OCc1ccccc1. The van der Waals surface area contributed by atoms with Crippen molar-refractivity contribution in [1.82, 2.24) is 4.90 Å². The summed E-state index contributed by atoms with van der Waals surface area (Å²) >= 11 is 0. The smallest absolute Gasteiger partial charge is 0.410 e. The Labute approximate surface area is 173 Å². The van der Waals surface area contributed by atoms with Crippen LogP contribution in [0.4, 0.5) is 4.79 Å². The van der Waals surface area contributed by atoms with Crippen LogP contribution in [0.1, 0.15) is 50.7 Å². The van der Waals surface area contributed by atoms with Gasteiger partial charge in [0.1, 0.15) is 12.4 Å². The van der Waals surface area contributed by atoms with Crippen molar-refractivity contribution in [1.29, 1.82) is 0 Å². The Bertz CT molecular complexity index is 875. The number of piperidine rings is 1. The maximum atomic E-state index is 12.9. The average molecular weight is 392 g/mol. The lowest BCUT2D eigenvalue weighted by Crippen LogP contribution is -2.51. The van der Waals surface area contributed by atoms with Crippen molar-refractivity contribution < 1.29 is 14.3 Å². The van der Waals surface area contributed by atoms with Gasteiger partial charge in [0.15, 0.2) is 0 Å². The molecule has 0 saturated carbocycles. The number of hydrogen-bond donors (Lipinski definition) is 0. The third-order valence-corrected chi connectivity index (χ3v) is 5.65. The summed E-state index contributed by atoms with van der Waals surface area (Å²) in [4.78, 5) is 14.9. The van der Waals surface area contributed by atoms with E-state index in [1.165, 1.54) is 5.57 Å². The van der Waals surface area contributed by atoms with E-state index < -0.39 is 0 Å². The third-order valence-electron chi connectivity index (χ3n) is 5.65. The lowest BCUT2D eigenvalue weighted by Gasteiger charge is -2.44. The van der Waals surface area contributed by atoms with Crippen LogP contribution in [0.3, 0.4) is 0 Å². The van der Waals surface area contributed by atoms with Gasteiger partial charge in [-0.25, -0.2) is 4.79 Å². The largest absolute Gasteiger partial charge is 0.490 e. The molecule has 1 fully saturated rings. The topological polar surface area (TPSA) is 38.8 Å². The van der Waals surface area contributed by atoms with Gasteiger partial charge in [-0.2, -0.15) is 0 Å². The lowest BCUT2D eigenvalue weighted by molar-refractivity contribution is 0.0510. The predicted molar refractivity (Wildman–Crippen MR) is 115 cm³/mol. The molecule has 2 atom stereocenters. The molecule has 2 unspecified atom stereocenters. The van der Waals surface area contributed by atoms with Crippen molar-refractivity contribution in [3.8, 4) is 5.75 Å². The van der Waals surface area contributed by atoms with Gasteiger partial charge in [0, 0.05) is 11.6 Å². The highest BCUT2D eigenvalue weighted by Crippen LogP contribution is 2.40. The zero-order chi connectivity index (χ0) is 20.2. The Balaban J connectivity index is 1.52. The Kier molecular flexibility index (Phi) is 5.89. The van der Waals surface area contributed by atoms with E-state index in [1.54, 1.807) is 0 Å². The minimum Gasteiger partial charge on any atom is -0.490 e. The monoisotopic (exact) mass is 391 g/mol. The maximum Gasteiger partial charge on any atom is 0.410 e. The molecule has 0 spiro atoms. The van der Waals surface area contributed by atoms with Crippen LogP contribution < -0.4 is 4.74 Å². The molecule has 152 valence electrons. The first-order valence-corrected chi connectivity index (χ1v) is 10.6. The highest BCUT2D eigenvalue weighted by atomic mass is 16.6. The molecule has 2 aromatic rings. The fourth-order valence-corrected chi connectivity index (χ4v) is 4.40. The molecule has 0 radical (unpaired) electrons. The second kappa shape index (κ2) is 8.73. The number of para-hydroxylation sites is 1. The molecule has 2 heterocycles. The molecule has 2 aliphatic heterocycles. The number of hydrogen-bond acceptors (Lipinski definition) is 3. The zero-order valence-corrected chi connectivity index (χ0v) is 17.2. The molecular weight excluding hydrogens is 362 g/mol. The van der Waals surface area contributed by atoms with Gasteiger partial charge in [0.25, 0.3) is 0 Å². The average Bonchev–Trinajstić information content (AvgIpc) is 2.72. The molecule has 2 bridgehead atoms. The Morgan fingerprint density at radius 2 is 1.83 bits per heavy atom. The third kappa shape index (κ3) is 4.47. The first-order chi connectivity index (χ1) is 14.1. The highest BCUT2D eigenvalue weighted by Gasteiger charge is 2.38. The number of carbonyl (C=O) groups is 1. The molecular formula is C25H29NO3. The zero-order valence-electron chi connectivity index (χ0n) is 17.2. The van der Waals surface area contributed by atoms with Crippen molar-refractivity contribution in [2.24, 2.45) is 0 Å². The number of fused-ring (bicyclic) bond motifs is 2. The molecule has 1 saturated heterocycles. The number of ether oxygens (including phenoxy) is 2. The van der Waals surface area contributed by atoms with E-state index in [-0.39, 0.29) is 24.3 Å². The Morgan fingerprint density at radius 1 is 1.07 bits per heavy atom. The number of rotatable bonds is 5. The quantitative estimate of drug-likeness (QED) is 0.644. The summed E-state index contributed by atoms with van der Waals surface area (Å²) in [5.41, 5.74) is 3.44. The van der Waals surface area contributed by atoms with Crippen LogP contribution in [0, 0.1) is 0 Å². The first kappa shape index (κ1) is 19.6. The summed E-state index contributed by atoms with van der Waals surface area (Å²) in [6, 6.07) is 18.4. The van der Waals surface area contributed by atoms with E-state index >= 15 is 0 Å². The number of benzene rings is 2. The molecule has 2 aromatic carbocycles. The standard InChI is InChI=1S/C25H29NO3/c1-18(2)29-24-14-7-6-13-23(24)20-15-21-11-8-12-22(16-20)26(21)25(27)28-17-19-9-4-3-5-10-19/h3-7,9-10,13-15,18,21-22H,8,11-12,16-17H2,1-2H3. The van der Waals surface area contributed by atoms with Crippen LogP contribution in [0.2, 0.25) is 0 Å². The van der Waals surface area contributed by atoms with E-state index in [2.05, 4.69) is 18.2 Å². The van der Waals surface area contributed by atoms with Crippen molar-refractivity contribution in [2.45, 2.75) is 64.3 Å². The summed E-state index contributed by atoms with van der Waals surface area (Å²) in [6.07, 6.45) is 6.16. The minimum atomic E-state index is -0.203. The molecule has 4 heteroatoms. The summed E-state index contributed by atoms with van der Waals surface area (Å²) in [7, 11) is 0. The summed E-state index contributed by atoms with van der Waals surface area (Å²) in [5, 5.41) is 0. The fourth-order valence-electron chi connectivity index (χ4n) is 4.40. The van der Waals surface area contributed by atoms with Crippen LogP contribution in [-0.2, 0) is 11.3 Å². The van der Waals surface area contributed by atoms with Crippen LogP contribution in [-0.4, -0.2) is 29.2 Å². The van der Waals surface area contributed by atoms with Crippen LogP contribution in [0.15, 0.2) is 60.7 Å². The van der Waals surface area contributed by atoms with Gasteiger partial charge in [-0.15, -0.1) is 0 Å². The van der Waals surface area contributed by atoms with Gasteiger partial charge in [-0.05, 0) is 56.7 Å². The van der Waals surface area contributed by atoms with Crippen molar-refractivity contribution in [3.63, 3.8) is 0 Å². The predicted octanol–water partition coefficient (Wildman–Crippen LogP) is 5.82. The summed E-state index contributed by atoms with van der Waals surface area (Å²) in [5.74, 6) is 0.923.